The fourth-order valence-electron chi connectivity index (χ4n) is 0.961. The summed E-state index contributed by atoms with van der Waals surface area (Å²) in [5.74, 6) is -0.942. The molecule has 7 nitrogen and oxygen atoms in total. The quantitative estimate of drug-likeness (QED) is 0.348. The molecule has 0 radical (unpaired) electrons. The molecule has 16 heavy (non-hydrogen) atoms. The minimum atomic E-state index is -0.960. The summed E-state index contributed by atoms with van der Waals surface area (Å²) in [6.45, 7) is 2.46. The number of aliphatic hydroxyl groups is 1. The van der Waals surface area contributed by atoms with Gasteiger partial charge in [0.1, 0.15) is 6.04 Å². The van der Waals surface area contributed by atoms with Crippen molar-refractivity contribution in [2.45, 2.75) is 13.0 Å². The molecule has 0 bridgehead atoms. The van der Waals surface area contributed by atoms with Crippen LogP contribution in [-0.4, -0.2) is 55.9 Å². The number of nitrogens with two attached hydrogens (primary N) is 1. The van der Waals surface area contributed by atoms with Gasteiger partial charge in [-0.25, -0.2) is 0 Å². The molecule has 2 amide bonds. The molecular formula is C9H19N3O4. The van der Waals surface area contributed by atoms with Gasteiger partial charge in [0, 0.05) is 13.2 Å². The average molecular weight is 233 g/mol. The second-order valence-corrected chi connectivity index (χ2v) is 2.99. The number of rotatable bonds is 8. The number of ether oxygens (including phenoxy) is 1. The first-order valence-electron chi connectivity index (χ1n) is 5.11. The molecule has 0 aliphatic carbocycles. The maximum Gasteiger partial charge on any atom is 0.245 e. The first kappa shape index (κ1) is 14.8. The van der Waals surface area contributed by atoms with Gasteiger partial charge in [-0.05, 0) is 6.92 Å². The lowest BCUT2D eigenvalue weighted by molar-refractivity contribution is -0.129. The molecule has 5 N–H and O–H groups in total. The molecule has 0 unspecified atom stereocenters. The maximum absolute atomic E-state index is 11.4. The maximum atomic E-state index is 11.4. The van der Waals surface area contributed by atoms with Gasteiger partial charge in [-0.2, -0.15) is 0 Å². The van der Waals surface area contributed by atoms with Crippen LogP contribution in [0.5, 0.6) is 0 Å². The molecule has 7 heteroatoms. The first-order valence-corrected chi connectivity index (χ1v) is 5.11. The van der Waals surface area contributed by atoms with Crippen LogP contribution in [0, 0.1) is 0 Å². The normalized spacial score (nSPS) is 11.9. The molecule has 0 aromatic carbocycles. The number of amides is 2. The monoisotopic (exact) mass is 233 g/mol. The highest BCUT2D eigenvalue weighted by Crippen LogP contribution is 1.83. The smallest absolute Gasteiger partial charge is 0.245 e. The van der Waals surface area contributed by atoms with E-state index < -0.39 is 24.5 Å². The van der Waals surface area contributed by atoms with E-state index in [4.69, 9.17) is 15.6 Å². The lowest BCUT2D eigenvalue weighted by atomic mass is 10.3. The van der Waals surface area contributed by atoms with Crippen molar-refractivity contribution in [3.63, 3.8) is 0 Å². The highest BCUT2D eigenvalue weighted by molar-refractivity contribution is 5.88. The number of carbonyl (C=O) groups excluding carboxylic acids is 2. The Labute approximate surface area is 94.3 Å². The second-order valence-electron chi connectivity index (χ2n) is 2.99. The zero-order chi connectivity index (χ0) is 12.4. The summed E-state index contributed by atoms with van der Waals surface area (Å²) in [5.41, 5.74) is 5.07. The Morgan fingerprint density at radius 3 is 2.69 bits per heavy atom. The Hall–Kier alpha value is -1.18. The molecule has 0 saturated heterocycles. The highest BCUT2D eigenvalue weighted by Gasteiger charge is 2.18. The van der Waals surface area contributed by atoms with E-state index in [1.165, 1.54) is 0 Å². The summed E-state index contributed by atoms with van der Waals surface area (Å²) in [7, 11) is 0. The van der Waals surface area contributed by atoms with E-state index in [1.807, 2.05) is 6.92 Å². The largest absolute Gasteiger partial charge is 0.394 e. The topological polar surface area (TPSA) is 114 Å². The van der Waals surface area contributed by atoms with Gasteiger partial charge in [-0.1, -0.05) is 0 Å². The third-order valence-corrected chi connectivity index (χ3v) is 1.77. The van der Waals surface area contributed by atoms with Crippen molar-refractivity contribution in [2.24, 2.45) is 5.73 Å². The van der Waals surface area contributed by atoms with Crippen LogP contribution in [0.3, 0.4) is 0 Å². The van der Waals surface area contributed by atoms with Crippen LogP contribution in [-0.2, 0) is 14.3 Å². The number of aliphatic hydroxyl groups excluding tert-OH is 1. The van der Waals surface area contributed by atoms with Gasteiger partial charge in [0.15, 0.2) is 0 Å². The summed E-state index contributed by atoms with van der Waals surface area (Å²) in [6.07, 6.45) is 0. The third-order valence-electron chi connectivity index (χ3n) is 1.77. The standard InChI is InChI=1S/C9H19N3O4/c1-2-16-4-3-11-9(15)7(6-13)12-8(14)5-10/h7,13H,2-6,10H2,1H3,(H,11,15)(H,12,14)/t7-/m0/s1. The average Bonchev–Trinajstić information content (AvgIpc) is 2.30. The molecule has 0 saturated carbocycles. The SMILES string of the molecule is CCOCCNC(=O)[C@H](CO)NC(=O)CN. The van der Waals surface area contributed by atoms with E-state index >= 15 is 0 Å². The van der Waals surface area contributed by atoms with Crippen LogP contribution in [0.2, 0.25) is 0 Å². The Balaban J connectivity index is 3.87. The van der Waals surface area contributed by atoms with Gasteiger partial charge in [0.05, 0.1) is 19.8 Å². The van der Waals surface area contributed by atoms with Crippen molar-refractivity contribution in [3.05, 3.63) is 0 Å². The zero-order valence-corrected chi connectivity index (χ0v) is 9.36. The fourth-order valence-corrected chi connectivity index (χ4v) is 0.961. The molecule has 0 aliphatic rings. The van der Waals surface area contributed by atoms with Crippen molar-refractivity contribution in [2.75, 3.05) is 32.9 Å². The van der Waals surface area contributed by atoms with E-state index in [0.717, 1.165) is 0 Å². The van der Waals surface area contributed by atoms with Gasteiger partial charge in [0.2, 0.25) is 11.8 Å². The lowest BCUT2D eigenvalue weighted by Gasteiger charge is -2.15. The van der Waals surface area contributed by atoms with Crippen molar-refractivity contribution >= 4 is 11.8 Å². The number of carbonyl (C=O) groups is 2. The van der Waals surface area contributed by atoms with Crippen molar-refractivity contribution in [1.82, 2.24) is 10.6 Å². The summed E-state index contributed by atoms with van der Waals surface area (Å²) in [4.78, 5) is 22.3. The van der Waals surface area contributed by atoms with Gasteiger partial charge in [-0.3, -0.25) is 9.59 Å². The van der Waals surface area contributed by atoms with Crippen LogP contribution in [0.15, 0.2) is 0 Å². The molecule has 0 aromatic heterocycles. The van der Waals surface area contributed by atoms with Crippen LogP contribution >= 0.6 is 0 Å². The van der Waals surface area contributed by atoms with Crippen LogP contribution < -0.4 is 16.4 Å². The molecular weight excluding hydrogens is 214 g/mol. The van der Waals surface area contributed by atoms with Gasteiger partial charge < -0.3 is 26.2 Å². The highest BCUT2D eigenvalue weighted by atomic mass is 16.5. The zero-order valence-electron chi connectivity index (χ0n) is 9.36. The van der Waals surface area contributed by atoms with Crippen molar-refractivity contribution < 1.29 is 19.4 Å². The predicted molar refractivity (Wildman–Crippen MR) is 57.6 cm³/mol. The summed E-state index contributed by atoms with van der Waals surface area (Å²) in [5, 5.41) is 13.7. The molecule has 0 aliphatic heterocycles. The van der Waals surface area contributed by atoms with E-state index in [1.54, 1.807) is 0 Å². The first-order chi connectivity index (χ1) is 7.65. The summed E-state index contributed by atoms with van der Waals surface area (Å²) >= 11 is 0. The Bertz CT molecular complexity index is 223. The lowest BCUT2D eigenvalue weighted by Crippen LogP contribution is -2.50. The second kappa shape index (κ2) is 9.08. The number of nitrogens with one attached hydrogen (secondary N) is 2. The van der Waals surface area contributed by atoms with Gasteiger partial charge >= 0.3 is 0 Å². The molecule has 94 valence electrons. The van der Waals surface area contributed by atoms with Gasteiger partial charge in [0.25, 0.3) is 0 Å². The van der Waals surface area contributed by atoms with Crippen molar-refractivity contribution in [1.29, 1.82) is 0 Å². The number of hydrogen-bond acceptors (Lipinski definition) is 5. The summed E-state index contributed by atoms with van der Waals surface area (Å²) < 4.78 is 5.01. The van der Waals surface area contributed by atoms with E-state index in [2.05, 4.69) is 10.6 Å². The third kappa shape index (κ3) is 6.33. The van der Waals surface area contributed by atoms with Gasteiger partial charge in [-0.15, -0.1) is 0 Å². The minimum absolute atomic E-state index is 0.220. The predicted octanol–water partition coefficient (Wildman–Crippen LogP) is -2.43. The summed E-state index contributed by atoms with van der Waals surface area (Å²) in [6, 6.07) is -0.960. The molecule has 0 heterocycles. The molecule has 0 aromatic rings. The van der Waals surface area contributed by atoms with Crippen LogP contribution in [0.1, 0.15) is 6.92 Å². The molecule has 0 fully saturated rings. The molecule has 0 rings (SSSR count). The van der Waals surface area contributed by atoms with Crippen molar-refractivity contribution in [3.8, 4) is 0 Å². The van der Waals surface area contributed by atoms with E-state index in [9.17, 15) is 9.59 Å². The molecule has 0 spiro atoms. The Kier molecular flexibility index (Phi) is 8.41. The Morgan fingerprint density at radius 1 is 1.50 bits per heavy atom. The number of hydrogen-bond donors (Lipinski definition) is 4. The van der Waals surface area contributed by atoms with Crippen LogP contribution in [0.25, 0.3) is 0 Å². The fraction of sp³-hybridized carbons (Fsp3) is 0.778. The van der Waals surface area contributed by atoms with E-state index in [0.29, 0.717) is 19.8 Å². The van der Waals surface area contributed by atoms with Crippen LogP contribution in [0.4, 0.5) is 0 Å². The minimum Gasteiger partial charge on any atom is -0.394 e. The van der Waals surface area contributed by atoms with E-state index in [-0.39, 0.29) is 6.54 Å². The molecule has 1 atom stereocenters. The Morgan fingerprint density at radius 2 is 2.19 bits per heavy atom.